The van der Waals surface area contributed by atoms with E-state index in [0.717, 1.165) is 5.56 Å². The van der Waals surface area contributed by atoms with Gasteiger partial charge in [0.2, 0.25) is 10.0 Å². The minimum absolute atomic E-state index is 0.105. The van der Waals surface area contributed by atoms with Crippen LogP contribution >= 0.6 is 0 Å². The van der Waals surface area contributed by atoms with Gasteiger partial charge in [-0.2, -0.15) is 0 Å². The normalized spacial score (nSPS) is 11.3. The first-order valence-electron chi connectivity index (χ1n) is 9.08. The van der Waals surface area contributed by atoms with Crippen molar-refractivity contribution in [2.24, 2.45) is 0 Å². The standard InChI is InChI=1S/C20H26N2O6S/c1-4-27-10-11-28-14-15-6-5-7-17(12-15)22-20(23)16-8-9-18(26-3)19(13-16)29(24,25)21-2/h5-9,12-13,21H,4,10-11,14H2,1-3H3,(H,22,23). The maximum atomic E-state index is 12.6. The monoisotopic (exact) mass is 422 g/mol. The minimum atomic E-state index is -3.78. The predicted molar refractivity (Wildman–Crippen MR) is 110 cm³/mol. The number of sulfonamides is 1. The molecule has 29 heavy (non-hydrogen) atoms. The van der Waals surface area contributed by atoms with Crippen molar-refractivity contribution in [3.05, 3.63) is 53.6 Å². The lowest BCUT2D eigenvalue weighted by molar-refractivity contribution is 0.0453. The van der Waals surface area contributed by atoms with E-state index < -0.39 is 15.9 Å². The molecule has 0 aliphatic carbocycles. The van der Waals surface area contributed by atoms with Crippen molar-refractivity contribution in [2.75, 3.05) is 39.3 Å². The quantitative estimate of drug-likeness (QED) is 0.539. The fourth-order valence-corrected chi connectivity index (χ4v) is 3.45. The van der Waals surface area contributed by atoms with Gasteiger partial charge in [-0.15, -0.1) is 0 Å². The molecule has 0 spiro atoms. The van der Waals surface area contributed by atoms with Gasteiger partial charge in [-0.1, -0.05) is 12.1 Å². The molecule has 2 aromatic rings. The van der Waals surface area contributed by atoms with Gasteiger partial charge < -0.3 is 19.5 Å². The summed E-state index contributed by atoms with van der Waals surface area (Å²) in [7, 11) is -1.11. The number of hydrogen-bond donors (Lipinski definition) is 2. The lowest BCUT2D eigenvalue weighted by Gasteiger charge is -2.12. The van der Waals surface area contributed by atoms with Crippen LogP contribution in [0.25, 0.3) is 0 Å². The van der Waals surface area contributed by atoms with Crippen LogP contribution in [0, 0.1) is 0 Å². The fourth-order valence-electron chi connectivity index (χ4n) is 2.53. The Hall–Kier alpha value is -2.46. The first kappa shape index (κ1) is 22.8. The topological polar surface area (TPSA) is 103 Å². The van der Waals surface area contributed by atoms with Crippen molar-refractivity contribution in [3.8, 4) is 5.75 Å². The summed E-state index contributed by atoms with van der Waals surface area (Å²) in [5.74, 6) is -0.281. The molecule has 158 valence electrons. The molecular weight excluding hydrogens is 396 g/mol. The lowest BCUT2D eigenvalue weighted by atomic mass is 10.1. The number of carbonyl (C=O) groups is 1. The van der Waals surface area contributed by atoms with Gasteiger partial charge in [-0.25, -0.2) is 13.1 Å². The molecule has 2 aromatic carbocycles. The van der Waals surface area contributed by atoms with Crippen LogP contribution in [0.1, 0.15) is 22.8 Å². The van der Waals surface area contributed by atoms with Gasteiger partial charge in [0.15, 0.2) is 0 Å². The molecule has 9 heteroatoms. The predicted octanol–water partition coefficient (Wildman–Crippen LogP) is 2.41. The number of benzene rings is 2. The summed E-state index contributed by atoms with van der Waals surface area (Å²) in [5, 5.41) is 2.77. The van der Waals surface area contributed by atoms with E-state index in [0.29, 0.717) is 32.1 Å². The molecular formula is C20H26N2O6S. The Morgan fingerprint density at radius 1 is 1.07 bits per heavy atom. The molecule has 0 aliphatic rings. The van der Waals surface area contributed by atoms with Crippen LogP contribution in [0.3, 0.4) is 0 Å². The van der Waals surface area contributed by atoms with Crippen molar-refractivity contribution < 1.29 is 27.4 Å². The minimum Gasteiger partial charge on any atom is -0.495 e. The molecule has 0 aliphatic heterocycles. The van der Waals surface area contributed by atoms with E-state index >= 15 is 0 Å². The van der Waals surface area contributed by atoms with Crippen LogP contribution in [0.4, 0.5) is 5.69 Å². The zero-order valence-electron chi connectivity index (χ0n) is 16.7. The smallest absolute Gasteiger partial charge is 0.255 e. The molecule has 2 N–H and O–H groups in total. The van der Waals surface area contributed by atoms with E-state index in [1.165, 1.54) is 32.4 Å². The zero-order chi connectivity index (χ0) is 21.3. The molecule has 0 fully saturated rings. The number of amides is 1. The molecule has 0 saturated heterocycles. The summed E-state index contributed by atoms with van der Waals surface area (Å²) in [6, 6.07) is 11.5. The molecule has 0 aromatic heterocycles. The third kappa shape index (κ3) is 6.53. The number of hydrogen-bond acceptors (Lipinski definition) is 6. The third-order valence-corrected chi connectivity index (χ3v) is 5.45. The van der Waals surface area contributed by atoms with Crippen LogP contribution in [-0.4, -0.2) is 48.3 Å². The Morgan fingerprint density at radius 3 is 2.52 bits per heavy atom. The number of methoxy groups -OCH3 is 1. The Kier molecular flexibility index (Phi) is 8.59. The van der Waals surface area contributed by atoms with Crippen molar-refractivity contribution in [2.45, 2.75) is 18.4 Å². The highest BCUT2D eigenvalue weighted by atomic mass is 32.2. The molecule has 0 saturated carbocycles. The van der Waals surface area contributed by atoms with Crippen LogP contribution in [0.5, 0.6) is 5.75 Å². The molecule has 1 amide bonds. The summed E-state index contributed by atoms with van der Waals surface area (Å²) in [6.07, 6.45) is 0. The lowest BCUT2D eigenvalue weighted by Crippen LogP contribution is -2.20. The summed E-state index contributed by atoms with van der Waals surface area (Å²) in [5.41, 5.74) is 1.67. The van der Waals surface area contributed by atoms with Gasteiger partial charge in [0, 0.05) is 17.9 Å². The molecule has 0 radical (unpaired) electrons. The third-order valence-electron chi connectivity index (χ3n) is 4.01. The first-order chi connectivity index (χ1) is 13.9. The number of rotatable bonds is 11. The average Bonchev–Trinajstić information content (AvgIpc) is 2.73. The van der Waals surface area contributed by atoms with Crippen LogP contribution in [0.15, 0.2) is 47.4 Å². The second-order valence-corrected chi connectivity index (χ2v) is 7.83. The van der Waals surface area contributed by atoms with E-state index in [1.54, 1.807) is 12.1 Å². The van der Waals surface area contributed by atoms with Crippen LogP contribution in [0.2, 0.25) is 0 Å². The Labute approximate surface area is 171 Å². The highest BCUT2D eigenvalue weighted by molar-refractivity contribution is 7.89. The summed E-state index contributed by atoms with van der Waals surface area (Å²) < 4.78 is 42.4. The largest absolute Gasteiger partial charge is 0.495 e. The molecule has 0 atom stereocenters. The van der Waals surface area contributed by atoms with Gasteiger partial charge in [-0.05, 0) is 49.9 Å². The van der Waals surface area contributed by atoms with Gasteiger partial charge in [0.1, 0.15) is 10.6 Å². The van der Waals surface area contributed by atoms with Crippen LogP contribution < -0.4 is 14.8 Å². The first-order valence-corrected chi connectivity index (χ1v) is 10.6. The van der Waals surface area contributed by atoms with Gasteiger partial charge >= 0.3 is 0 Å². The summed E-state index contributed by atoms with van der Waals surface area (Å²) in [4.78, 5) is 12.5. The van der Waals surface area contributed by atoms with Gasteiger partial charge in [-0.3, -0.25) is 4.79 Å². The second kappa shape index (κ2) is 10.9. The van der Waals surface area contributed by atoms with Gasteiger partial charge in [0.25, 0.3) is 5.91 Å². The Bertz CT molecular complexity index is 930. The van der Waals surface area contributed by atoms with Gasteiger partial charge in [0.05, 0.1) is 26.9 Å². The van der Waals surface area contributed by atoms with E-state index in [9.17, 15) is 13.2 Å². The fraction of sp³-hybridized carbons (Fsp3) is 0.350. The van der Waals surface area contributed by atoms with Crippen molar-refractivity contribution in [1.82, 2.24) is 4.72 Å². The summed E-state index contributed by atoms with van der Waals surface area (Å²) in [6.45, 7) is 3.98. The van der Waals surface area contributed by atoms with E-state index in [-0.39, 0.29) is 16.2 Å². The molecule has 0 heterocycles. The number of carbonyl (C=O) groups excluding carboxylic acids is 1. The van der Waals surface area contributed by atoms with Crippen molar-refractivity contribution in [3.63, 3.8) is 0 Å². The van der Waals surface area contributed by atoms with Crippen molar-refractivity contribution >= 4 is 21.6 Å². The Balaban J connectivity index is 2.10. The zero-order valence-corrected chi connectivity index (χ0v) is 17.5. The highest BCUT2D eigenvalue weighted by Gasteiger charge is 2.20. The number of ether oxygens (including phenoxy) is 3. The molecule has 2 rings (SSSR count). The summed E-state index contributed by atoms with van der Waals surface area (Å²) >= 11 is 0. The molecule has 0 bridgehead atoms. The van der Waals surface area contributed by atoms with Crippen molar-refractivity contribution in [1.29, 1.82) is 0 Å². The molecule has 0 unspecified atom stereocenters. The number of anilines is 1. The second-order valence-electron chi connectivity index (χ2n) is 5.98. The maximum absolute atomic E-state index is 12.6. The Morgan fingerprint density at radius 2 is 1.83 bits per heavy atom. The maximum Gasteiger partial charge on any atom is 0.255 e. The number of nitrogens with one attached hydrogen (secondary N) is 2. The van der Waals surface area contributed by atoms with Crippen LogP contribution in [-0.2, 0) is 26.1 Å². The van der Waals surface area contributed by atoms with E-state index in [4.69, 9.17) is 14.2 Å². The molecule has 8 nitrogen and oxygen atoms in total. The van der Waals surface area contributed by atoms with E-state index in [2.05, 4.69) is 10.0 Å². The average molecular weight is 423 g/mol. The highest BCUT2D eigenvalue weighted by Crippen LogP contribution is 2.25. The SMILES string of the molecule is CCOCCOCc1cccc(NC(=O)c2ccc(OC)c(S(=O)(=O)NC)c2)c1. The van der Waals surface area contributed by atoms with E-state index in [1.807, 2.05) is 19.1 Å².